The third-order valence-corrected chi connectivity index (χ3v) is 3.59. The van der Waals surface area contributed by atoms with Gasteiger partial charge in [-0.25, -0.2) is 0 Å². The molecule has 0 radical (unpaired) electrons. The van der Waals surface area contributed by atoms with Crippen molar-refractivity contribution in [1.82, 2.24) is 4.90 Å². The van der Waals surface area contributed by atoms with Crippen LogP contribution in [-0.2, 0) is 0 Å². The van der Waals surface area contributed by atoms with Crippen LogP contribution in [0.2, 0.25) is 5.02 Å². The summed E-state index contributed by atoms with van der Waals surface area (Å²) < 4.78 is 0. The molecule has 3 rings (SSSR count). The number of fused-ring (bicyclic) bond motifs is 1. The number of carbonyl (C=O) groups excluding carboxylic acids is 1. The van der Waals surface area contributed by atoms with Gasteiger partial charge in [-0.3, -0.25) is 4.79 Å². The van der Waals surface area contributed by atoms with Crippen molar-refractivity contribution in [3.05, 3.63) is 59.1 Å². The van der Waals surface area contributed by atoms with Gasteiger partial charge in [-0.2, -0.15) is 0 Å². The maximum atomic E-state index is 12.1. The Labute approximate surface area is 117 Å². The lowest BCUT2D eigenvalue weighted by atomic mass is 10.1. The minimum atomic E-state index is 0.0407. The first-order valence-corrected chi connectivity index (χ1v) is 6.43. The molecule has 1 amide bonds. The highest BCUT2D eigenvalue weighted by atomic mass is 35.5. The van der Waals surface area contributed by atoms with Crippen molar-refractivity contribution in [2.75, 3.05) is 18.6 Å². The zero-order chi connectivity index (χ0) is 13.4. The van der Waals surface area contributed by atoms with Gasteiger partial charge in [-0.1, -0.05) is 35.9 Å². The van der Waals surface area contributed by atoms with Gasteiger partial charge >= 0.3 is 0 Å². The van der Waals surface area contributed by atoms with E-state index < -0.39 is 0 Å². The number of benzene rings is 2. The summed E-state index contributed by atoms with van der Waals surface area (Å²) in [5.74, 6) is 0.0407. The first-order valence-electron chi connectivity index (χ1n) is 6.05. The summed E-state index contributed by atoms with van der Waals surface area (Å²) in [5.41, 5.74) is 2.52. The zero-order valence-electron chi connectivity index (χ0n) is 10.5. The number of anilines is 2. The number of rotatable bonds is 1. The van der Waals surface area contributed by atoms with Crippen LogP contribution in [-0.4, -0.2) is 24.5 Å². The summed E-state index contributed by atoms with van der Waals surface area (Å²) in [6.07, 6.45) is 0. The Morgan fingerprint density at radius 3 is 2.37 bits per heavy atom. The fourth-order valence-electron chi connectivity index (χ4n) is 2.32. The van der Waals surface area contributed by atoms with Gasteiger partial charge in [0.05, 0.1) is 28.6 Å². The summed E-state index contributed by atoms with van der Waals surface area (Å²) in [5, 5.41) is 0.681. The van der Waals surface area contributed by atoms with Crippen LogP contribution < -0.4 is 4.90 Å². The first-order chi connectivity index (χ1) is 9.18. The maximum absolute atomic E-state index is 12.1. The second-order valence-electron chi connectivity index (χ2n) is 4.54. The molecule has 2 aromatic carbocycles. The van der Waals surface area contributed by atoms with Gasteiger partial charge in [-0.15, -0.1) is 0 Å². The van der Waals surface area contributed by atoms with E-state index in [1.54, 1.807) is 11.9 Å². The van der Waals surface area contributed by atoms with E-state index >= 15 is 0 Å². The molecule has 3 nitrogen and oxygen atoms in total. The first kappa shape index (κ1) is 12.1. The van der Waals surface area contributed by atoms with E-state index in [0.29, 0.717) is 17.3 Å². The zero-order valence-corrected chi connectivity index (χ0v) is 11.3. The van der Waals surface area contributed by atoms with E-state index in [-0.39, 0.29) is 5.91 Å². The van der Waals surface area contributed by atoms with Crippen molar-refractivity contribution in [3.8, 4) is 0 Å². The lowest BCUT2D eigenvalue weighted by Crippen LogP contribution is -2.42. The van der Waals surface area contributed by atoms with Crippen LogP contribution in [0.3, 0.4) is 0 Å². The quantitative estimate of drug-likeness (QED) is 0.793. The molecule has 0 aliphatic carbocycles. The normalized spacial score (nSPS) is 14.5. The molecule has 0 bridgehead atoms. The Kier molecular flexibility index (Phi) is 2.91. The molecule has 0 saturated heterocycles. The average Bonchev–Trinajstić information content (AvgIpc) is 2.44. The van der Waals surface area contributed by atoms with Crippen molar-refractivity contribution in [1.29, 1.82) is 0 Å². The van der Waals surface area contributed by atoms with E-state index in [2.05, 4.69) is 4.90 Å². The molecule has 1 heterocycles. The predicted molar refractivity (Wildman–Crippen MR) is 77.0 cm³/mol. The molecule has 0 fully saturated rings. The molecule has 0 unspecified atom stereocenters. The molecule has 0 aromatic heterocycles. The van der Waals surface area contributed by atoms with Crippen LogP contribution in [0.1, 0.15) is 10.4 Å². The molecule has 2 aromatic rings. The number of hydrogen-bond donors (Lipinski definition) is 0. The molecule has 19 heavy (non-hydrogen) atoms. The van der Waals surface area contributed by atoms with Crippen molar-refractivity contribution >= 4 is 28.9 Å². The van der Waals surface area contributed by atoms with Crippen LogP contribution in [0.25, 0.3) is 0 Å². The predicted octanol–water partition coefficient (Wildman–Crippen LogP) is 3.52. The largest absolute Gasteiger partial charge is 0.324 e. The van der Waals surface area contributed by atoms with Crippen LogP contribution in [0.5, 0.6) is 0 Å². The van der Waals surface area contributed by atoms with Crippen LogP contribution >= 0.6 is 11.6 Å². The Balaban J connectivity index is 2.16. The van der Waals surface area contributed by atoms with Crippen LogP contribution in [0.4, 0.5) is 11.4 Å². The van der Waals surface area contributed by atoms with E-state index in [9.17, 15) is 4.79 Å². The fourth-order valence-corrected chi connectivity index (χ4v) is 2.56. The third kappa shape index (κ3) is 1.96. The minimum absolute atomic E-state index is 0.0407. The van der Waals surface area contributed by atoms with Gasteiger partial charge in [0.2, 0.25) is 0 Å². The van der Waals surface area contributed by atoms with E-state index in [1.165, 1.54) is 0 Å². The number of nitrogens with zero attached hydrogens (tertiary/aromatic N) is 2. The average molecular weight is 273 g/mol. The standard InChI is InChI=1S/C15H13ClN2O/c1-17-10-18(14-9-5-3-7-12(14)16)13-8-4-2-6-11(13)15(17)19/h2-9H,10H2,1H3. The molecule has 4 heteroatoms. The third-order valence-electron chi connectivity index (χ3n) is 3.27. The summed E-state index contributed by atoms with van der Waals surface area (Å²) in [7, 11) is 1.79. The molecule has 1 aliphatic heterocycles. The number of amides is 1. The minimum Gasteiger partial charge on any atom is -0.324 e. The molecule has 1 aliphatic rings. The summed E-state index contributed by atoms with van der Waals surface area (Å²) in [4.78, 5) is 15.9. The van der Waals surface area contributed by atoms with Crippen molar-refractivity contribution in [2.45, 2.75) is 0 Å². The molecular weight excluding hydrogens is 260 g/mol. The van der Waals surface area contributed by atoms with Gasteiger partial charge in [0.25, 0.3) is 5.91 Å². The van der Waals surface area contributed by atoms with E-state index in [0.717, 1.165) is 11.4 Å². The topological polar surface area (TPSA) is 23.6 Å². The Morgan fingerprint density at radius 1 is 1.00 bits per heavy atom. The molecule has 0 spiro atoms. The van der Waals surface area contributed by atoms with Crippen molar-refractivity contribution < 1.29 is 4.79 Å². The van der Waals surface area contributed by atoms with Crippen molar-refractivity contribution in [2.24, 2.45) is 0 Å². The smallest absolute Gasteiger partial charge is 0.257 e. The highest BCUT2D eigenvalue weighted by Gasteiger charge is 2.28. The monoisotopic (exact) mass is 272 g/mol. The van der Waals surface area contributed by atoms with Gasteiger partial charge in [0, 0.05) is 7.05 Å². The number of carbonyl (C=O) groups is 1. The lowest BCUT2D eigenvalue weighted by molar-refractivity contribution is 0.0787. The number of hydrogen-bond acceptors (Lipinski definition) is 2. The molecule has 0 saturated carbocycles. The van der Waals surface area contributed by atoms with Gasteiger partial charge in [0.15, 0.2) is 0 Å². The SMILES string of the molecule is CN1CN(c2ccccc2Cl)c2ccccc2C1=O. The van der Waals surface area contributed by atoms with E-state index in [4.69, 9.17) is 11.6 Å². The second kappa shape index (κ2) is 4.59. The Morgan fingerprint density at radius 2 is 1.63 bits per heavy atom. The summed E-state index contributed by atoms with van der Waals surface area (Å²) in [6, 6.07) is 15.3. The van der Waals surface area contributed by atoms with Gasteiger partial charge < -0.3 is 9.80 Å². The summed E-state index contributed by atoms with van der Waals surface area (Å²) in [6.45, 7) is 0.500. The molecule has 96 valence electrons. The lowest BCUT2D eigenvalue weighted by Gasteiger charge is -2.36. The second-order valence-corrected chi connectivity index (χ2v) is 4.95. The fraction of sp³-hybridized carbons (Fsp3) is 0.133. The highest BCUT2D eigenvalue weighted by Crippen LogP contribution is 2.36. The van der Waals surface area contributed by atoms with E-state index in [1.807, 2.05) is 48.5 Å². The van der Waals surface area contributed by atoms with Crippen LogP contribution in [0.15, 0.2) is 48.5 Å². The van der Waals surface area contributed by atoms with Gasteiger partial charge in [-0.05, 0) is 24.3 Å². The van der Waals surface area contributed by atoms with Crippen molar-refractivity contribution in [3.63, 3.8) is 0 Å². The Hall–Kier alpha value is -2.00. The number of para-hydroxylation sites is 2. The Bertz CT molecular complexity index is 642. The van der Waals surface area contributed by atoms with Crippen LogP contribution in [0, 0.1) is 0 Å². The maximum Gasteiger partial charge on any atom is 0.257 e. The number of halogens is 1. The van der Waals surface area contributed by atoms with Gasteiger partial charge in [0.1, 0.15) is 0 Å². The molecule has 0 N–H and O–H groups in total. The highest BCUT2D eigenvalue weighted by molar-refractivity contribution is 6.33. The molecule has 0 atom stereocenters. The summed E-state index contributed by atoms with van der Waals surface area (Å²) >= 11 is 6.26. The molecular formula is C15H13ClN2O.